The fourth-order valence-electron chi connectivity index (χ4n) is 4.61. The molecule has 1 aliphatic carbocycles. The van der Waals surface area contributed by atoms with Crippen LogP contribution in [0.2, 0.25) is 0 Å². The summed E-state index contributed by atoms with van der Waals surface area (Å²) >= 11 is 0. The van der Waals surface area contributed by atoms with E-state index in [1.807, 2.05) is 6.08 Å². The van der Waals surface area contributed by atoms with Crippen LogP contribution in [-0.2, 0) is 28.5 Å². The smallest absolute Gasteiger partial charge is 0.413 e. The first kappa shape index (κ1) is 30.7. The minimum absolute atomic E-state index is 0.0146. The summed E-state index contributed by atoms with van der Waals surface area (Å²) in [6.07, 6.45) is 3.38. The van der Waals surface area contributed by atoms with Crippen LogP contribution in [0.1, 0.15) is 60.8 Å². The Kier molecular flexibility index (Phi) is 12.0. The van der Waals surface area contributed by atoms with Gasteiger partial charge in [-0.1, -0.05) is 6.08 Å². The van der Waals surface area contributed by atoms with Gasteiger partial charge in [0.1, 0.15) is 11.4 Å². The average Bonchev–Trinajstić information content (AvgIpc) is 2.79. The maximum Gasteiger partial charge on any atom is 0.413 e. The predicted octanol–water partition coefficient (Wildman–Crippen LogP) is 2.19. The van der Waals surface area contributed by atoms with E-state index in [9.17, 15) is 14.4 Å². The molecule has 2 rings (SSSR count). The van der Waals surface area contributed by atoms with Crippen molar-refractivity contribution in [3.05, 3.63) is 11.6 Å². The number of hydrogen-bond donors (Lipinski definition) is 2. The van der Waals surface area contributed by atoms with Crippen LogP contribution in [0.25, 0.3) is 0 Å². The lowest BCUT2D eigenvalue weighted by atomic mass is 9.84. The third kappa shape index (κ3) is 10.4. The van der Waals surface area contributed by atoms with Crippen LogP contribution in [-0.4, -0.2) is 98.6 Å². The minimum atomic E-state index is -0.658. The van der Waals surface area contributed by atoms with Gasteiger partial charge >= 0.3 is 12.1 Å². The number of ether oxygens (including phenoxy) is 4. The number of carbonyl (C=O) groups excluding carboxylic acids is 3. The highest BCUT2D eigenvalue weighted by atomic mass is 16.6. The molecular weight excluding hydrogens is 480 g/mol. The summed E-state index contributed by atoms with van der Waals surface area (Å²) in [4.78, 5) is 44.3. The van der Waals surface area contributed by atoms with Gasteiger partial charge in [-0.3, -0.25) is 20.0 Å². The maximum absolute atomic E-state index is 12.8. The molecule has 0 radical (unpaired) electrons. The Morgan fingerprint density at radius 3 is 2.54 bits per heavy atom. The van der Waals surface area contributed by atoms with Crippen molar-refractivity contribution in [2.75, 3.05) is 40.0 Å². The Balaban J connectivity index is 2.35. The molecule has 0 unspecified atom stereocenters. The molecule has 1 aliphatic heterocycles. The zero-order valence-electron chi connectivity index (χ0n) is 23.3. The molecule has 4 atom stereocenters. The Morgan fingerprint density at radius 1 is 1.19 bits per heavy atom. The van der Waals surface area contributed by atoms with Crippen molar-refractivity contribution in [3.63, 3.8) is 0 Å². The van der Waals surface area contributed by atoms with Gasteiger partial charge in [0.05, 0.1) is 44.1 Å². The van der Waals surface area contributed by atoms with Gasteiger partial charge < -0.3 is 24.3 Å². The highest BCUT2D eigenvalue weighted by molar-refractivity contribution is 5.94. The number of nitrogens with zero attached hydrogens (tertiary/aromatic N) is 2. The van der Waals surface area contributed by atoms with Crippen LogP contribution >= 0.6 is 0 Å². The third-order valence-electron chi connectivity index (χ3n) is 6.00. The van der Waals surface area contributed by atoms with Gasteiger partial charge in [0, 0.05) is 32.6 Å². The third-order valence-corrected chi connectivity index (χ3v) is 6.00. The number of esters is 1. The average molecular weight is 525 g/mol. The normalized spacial score (nSPS) is 25.2. The molecule has 0 spiro atoms. The van der Waals surface area contributed by atoms with Crippen molar-refractivity contribution < 1.29 is 33.3 Å². The molecule has 0 aromatic rings. The van der Waals surface area contributed by atoms with Crippen LogP contribution in [0.5, 0.6) is 0 Å². The Morgan fingerprint density at radius 2 is 1.92 bits per heavy atom. The molecule has 37 heavy (non-hydrogen) atoms. The molecule has 11 nitrogen and oxygen atoms in total. The minimum Gasteiger partial charge on any atom is -0.463 e. The molecule has 0 aromatic heterocycles. The van der Waals surface area contributed by atoms with E-state index < -0.39 is 29.7 Å². The second kappa shape index (κ2) is 14.4. The van der Waals surface area contributed by atoms with Gasteiger partial charge in [-0.15, -0.1) is 0 Å². The first-order valence-corrected chi connectivity index (χ1v) is 13.0. The van der Waals surface area contributed by atoms with Gasteiger partial charge in [0.2, 0.25) is 5.91 Å². The molecule has 0 bridgehead atoms. The highest BCUT2D eigenvalue weighted by Gasteiger charge is 2.40. The maximum atomic E-state index is 12.8. The lowest BCUT2D eigenvalue weighted by Gasteiger charge is -2.44. The van der Waals surface area contributed by atoms with E-state index in [1.54, 1.807) is 41.7 Å². The molecule has 0 saturated carbocycles. The van der Waals surface area contributed by atoms with E-state index in [1.165, 1.54) is 6.92 Å². The number of nitrogens with one attached hydrogen (secondary N) is 2. The SMILES string of the molecule is CCOC(=O)C1=C[C@@H](N2CCC[C@@H](OCCOC)C2)[C@H](NC(C)=O)[C@@H](N=C(C)NC(=O)OC(C)(C)C)C1. The number of carbonyl (C=O) groups is 3. The fourth-order valence-corrected chi connectivity index (χ4v) is 4.61. The van der Waals surface area contributed by atoms with E-state index in [0.717, 1.165) is 19.4 Å². The lowest BCUT2D eigenvalue weighted by Crippen LogP contribution is -2.60. The Hall–Kier alpha value is -2.50. The van der Waals surface area contributed by atoms with Crippen LogP contribution in [0.3, 0.4) is 0 Å². The molecule has 0 aromatic carbocycles. The summed E-state index contributed by atoms with van der Waals surface area (Å²) in [6, 6.07) is -1.25. The Labute approximate surface area is 220 Å². The number of piperidine rings is 1. The van der Waals surface area contributed by atoms with Gasteiger partial charge in [-0.25, -0.2) is 9.59 Å². The number of hydrogen-bond acceptors (Lipinski definition) is 9. The summed E-state index contributed by atoms with van der Waals surface area (Å²) in [5.41, 5.74) is -0.163. The van der Waals surface area contributed by atoms with Gasteiger partial charge in [-0.05, 0) is 54.0 Å². The first-order chi connectivity index (χ1) is 17.4. The monoisotopic (exact) mass is 524 g/mol. The molecule has 2 N–H and O–H groups in total. The zero-order valence-corrected chi connectivity index (χ0v) is 23.3. The quantitative estimate of drug-likeness (QED) is 0.203. The first-order valence-electron chi connectivity index (χ1n) is 13.0. The van der Waals surface area contributed by atoms with Crippen molar-refractivity contribution in [3.8, 4) is 0 Å². The summed E-state index contributed by atoms with van der Waals surface area (Å²) in [6.45, 7) is 12.9. The van der Waals surface area contributed by atoms with Crippen LogP contribution in [0.15, 0.2) is 16.6 Å². The van der Waals surface area contributed by atoms with E-state index >= 15 is 0 Å². The van der Waals surface area contributed by atoms with Crippen LogP contribution in [0.4, 0.5) is 4.79 Å². The summed E-state index contributed by atoms with van der Waals surface area (Å²) in [5.74, 6) is -0.277. The van der Waals surface area contributed by atoms with Gasteiger partial charge in [-0.2, -0.15) is 0 Å². The second-order valence-corrected chi connectivity index (χ2v) is 10.4. The number of rotatable bonds is 9. The van der Waals surface area contributed by atoms with Crippen LogP contribution in [0, 0.1) is 0 Å². The van der Waals surface area contributed by atoms with E-state index in [0.29, 0.717) is 31.2 Å². The molecule has 1 saturated heterocycles. The van der Waals surface area contributed by atoms with Crippen molar-refractivity contribution in [1.82, 2.24) is 15.5 Å². The molecule has 1 fully saturated rings. The number of amides is 2. The fraction of sp³-hybridized carbons (Fsp3) is 0.769. The molecule has 1 heterocycles. The zero-order chi connectivity index (χ0) is 27.6. The van der Waals surface area contributed by atoms with Crippen molar-refractivity contribution in [1.29, 1.82) is 0 Å². The van der Waals surface area contributed by atoms with Crippen molar-refractivity contribution in [2.24, 2.45) is 4.99 Å². The molecular formula is C26H44N4O7. The molecule has 11 heteroatoms. The number of likely N-dealkylation sites (tertiary alicyclic amines) is 1. The summed E-state index contributed by atoms with van der Waals surface area (Å²) in [7, 11) is 1.64. The number of alkyl carbamates (subject to hydrolysis) is 1. The van der Waals surface area contributed by atoms with Crippen LogP contribution < -0.4 is 10.6 Å². The van der Waals surface area contributed by atoms with E-state index in [2.05, 4.69) is 15.5 Å². The highest BCUT2D eigenvalue weighted by Crippen LogP contribution is 2.29. The number of amidine groups is 1. The predicted molar refractivity (Wildman–Crippen MR) is 139 cm³/mol. The molecule has 210 valence electrons. The standard InChI is InChI=1S/C26H44N4O7/c1-8-35-24(32)19-14-21(27-17(2)28-25(33)37-26(4,5)6)23(29-18(3)31)22(15-19)30-11-9-10-20(16-30)36-13-12-34-7/h15,20-23H,8-14,16H2,1-7H3,(H,29,31)(H,27,28,33)/t20-,21+,22-,23-/m1/s1. The number of aliphatic imine (C=N–C) groups is 1. The Bertz CT molecular complexity index is 852. The largest absolute Gasteiger partial charge is 0.463 e. The van der Waals surface area contributed by atoms with Crippen molar-refractivity contribution in [2.45, 2.75) is 90.6 Å². The second-order valence-electron chi connectivity index (χ2n) is 10.4. The van der Waals surface area contributed by atoms with Crippen molar-refractivity contribution >= 4 is 23.8 Å². The number of methoxy groups -OCH3 is 1. The summed E-state index contributed by atoms with van der Waals surface area (Å²) < 4.78 is 21.7. The molecule has 2 amide bonds. The summed E-state index contributed by atoms with van der Waals surface area (Å²) in [5, 5.41) is 5.70. The van der Waals surface area contributed by atoms with E-state index in [4.69, 9.17) is 23.9 Å². The lowest BCUT2D eigenvalue weighted by molar-refractivity contribution is -0.138. The molecule has 2 aliphatic rings. The van der Waals surface area contributed by atoms with Gasteiger partial charge in [0.15, 0.2) is 0 Å². The van der Waals surface area contributed by atoms with E-state index in [-0.39, 0.29) is 31.1 Å². The topological polar surface area (TPSA) is 128 Å². The van der Waals surface area contributed by atoms with Gasteiger partial charge in [0.25, 0.3) is 0 Å².